The molecule has 32 heavy (non-hydrogen) atoms. The first-order valence-corrected chi connectivity index (χ1v) is 11.7. The van der Waals surface area contributed by atoms with Gasteiger partial charge in [0.25, 0.3) is 5.91 Å². The second-order valence-corrected chi connectivity index (χ2v) is 9.23. The van der Waals surface area contributed by atoms with Gasteiger partial charge in [-0.15, -0.1) is 0 Å². The molecule has 0 saturated heterocycles. The SMILES string of the molecule is Cc1ccc(Cl)c2sc(N(CCCn3ccnc3)C(=O)c3ccc(OC(C)C)cc3)nc12. The average Bonchev–Trinajstić information content (AvgIpc) is 3.44. The largest absolute Gasteiger partial charge is 0.491 e. The number of carbonyl (C=O) groups is 1. The first kappa shape index (κ1) is 22.3. The van der Waals surface area contributed by atoms with Crippen LogP contribution in [-0.4, -0.2) is 33.1 Å². The van der Waals surface area contributed by atoms with Crippen LogP contribution in [0.25, 0.3) is 10.2 Å². The molecular weight excluding hydrogens is 444 g/mol. The predicted octanol–water partition coefficient (Wildman–Crippen LogP) is 5.98. The summed E-state index contributed by atoms with van der Waals surface area (Å²) in [7, 11) is 0. The van der Waals surface area contributed by atoms with Gasteiger partial charge in [-0.2, -0.15) is 0 Å². The number of carbonyl (C=O) groups excluding carboxylic acids is 1. The number of aromatic nitrogens is 3. The van der Waals surface area contributed by atoms with Crippen molar-refractivity contribution in [2.75, 3.05) is 11.4 Å². The van der Waals surface area contributed by atoms with Crippen LogP contribution >= 0.6 is 22.9 Å². The number of hydrogen-bond donors (Lipinski definition) is 0. The Hall–Kier alpha value is -2.90. The Bertz CT molecular complexity index is 1160. The lowest BCUT2D eigenvalue weighted by atomic mass is 10.2. The summed E-state index contributed by atoms with van der Waals surface area (Å²) >= 11 is 7.86. The monoisotopic (exact) mass is 468 g/mol. The minimum absolute atomic E-state index is 0.0759. The third-order valence-electron chi connectivity index (χ3n) is 4.99. The minimum atomic E-state index is -0.0976. The van der Waals surface area contributed by atoms with Crippen LogP contribution < -0.4 is 9.64 Å². The molecule has 0 N–H and O–H groups in total. The molecule has 0 saturated carbocycles. The summed E-state index contributed by atoms with van der Waals surface area (Å²) in [6.07, 6.45) is 6.29. The van der Waals surface area contributed by atoms with E-state index in [1.807, 2.05) is 55.8 Å². The van der Waals surface area contributed by atoms with Crippen LogP contribution in [-0.2, 0) is 6.54 Å². The highest BCUT2D eigenvalue weighted by atomic mass is 35.5. The Morgan fingerprint density at radius 2 is 2.00 bits per heavy atom. The van der Waals surface area contributed by atoms with Gasteiger partial charge in [-0.1, -0.05) is 29.0 Å². The Morgan fingerprint density at radius 3 is 2.66 bits per heavy atom. The smallest absolute Gasteiger partial charge is 0.260 e. The third-order valence-corrected chi connectivity index (χ3v) is 6.53. The quantitative estimate of drug-likeness (QED) is 0.319. The van der Waals surface area contributed by atoms with E-state index >= 15 is 0 Å². The lowest BCUT2D eigenvalue weighted by molar-refractivity contribution is 0.0986. The van der Waals surface area contributed by atoms with E-state index in [0.29, 0.717) is 22.3 Å². The van der Waals surface area contributed by atoms with E-state index in [2.05, 4.69) is 4.98 Å². The van der Waals surface area contributed by atoms with Gasteiger partial charge in [0.1, 0.15) is 5.75 Å². The molecule has 166 valence electrons. The Morgan fingerprint density at radius 1 is 1.22 bits per heavy atom. The number of aryl methyl sites for hydroxylation is 2. The Balaban J connectivity index is 1.63. The van der Waals surface area contributed by atoms with Crippen LogP contribution in [0.1, 0.15) is 36.2 Å². The maximum atomic E-state index is 13.5. The van der Waals surface area contributed by atoms with Crippen LogP contribution in [0.3, 0.4) is 0 Å². The number of nitrogens with zero attached hydrogens (tertiary/aromatic N) is 4. The molecule has 4 aromatic rings. The van der Waals surface area contributed by atoms with Crippen molar-refractivity contribution in [1.29, 1.82) is 0 Å². The highest BCUT2D eigenvalue weighted by Gasteiger charge is 2.22. The fourth-order valence-electron chi connectivity index (χ4n) is 3.42. The summed E-state index contributed by atoms with van der Waals surface area (Å²) in [5.74, 6) is 0.644. The van der Waals surface area contributed by atoms with Gasteiger partial charge in [0.15, 0.2) is 5.13 Å². The number of imidazole rings is 1. The molecule has 0 aliphatic heterocycles. The molecule has 0 bridgehead atoms. The standard InChI is InChI=1S/C24H25ClN4O2S/c1-16(2)31-19-8-6-18(7-9-19)23(30)29(13-4-12-28-14-11-26-15-28)24-27-21-17(3)5-10-20(25)22(21)32-24/h5-11,14-16H,4,12-13H2,1-3H3. The highest BCUT2D eigenvalue weighted by molar-refractivity contribution is 7.23. The summed E-state index contributed by atoms with van der Waals surface area (Å²) < 4.78 is 8.61. The minimum Gasteiger partial charge on any atom is -0.491 e. The van der Waals surface area contributed by atoms with E-state index in [9.17, 15) is 4.79 Å². The van der Waals surface area contributed by atoms with Crippen LogP contribution in [0, 0.1) is 6.92 Å². The number of halogens is 1. The highest BCUT2D eigenvalue weighted by Crippen LogP contribution is 2.36. The topological polar surface area (TPSA) is 60.2 Å². The summed E-state index contributed by atoms with van der Waals surface area (Å²) in [5, 5.41) is 1.30. The van der Waals surface area contributed by atoms with Crippen molar-refractivity contribution in [3.05, 3.63) is 71.3 Å². The van der Waals surface area contributed by atoms with Gasteiger partial charge in [0.2, 0.25) is 0 Å². The number of ether oxygens (including phenoxy) is 1. The van der Waals surface area contributed by atoms with Crippen LogP contribution in [0.2, 0.25) is 5.02 Å². The van der Waals surface area contributed by atoms with Gasteiger partial charge in [0, 0.05) is 31.0 Å². The van der Waals surface area contributed by atoms with Crippen molar-refractivity contribution in [3.8, 4) is 5.75 Å². The predicted molar refractivity (Wildman–Crippen MR) is 130 cm³/mol. The number of fused-ring (bicyclic) bond motifs is 1. The number of benzene rings is 2. The fourth-order valence-corrected chi connectivity index (χ4v) is 4.77. The first-order valence-electron chi connectivity index (χ1n) is 10.5. The molecule has 0 aliphatic rings. The van der Waals surface area contributed by atoms with Crippen molar-refractivity contribution in [1.82, 2.24) is 14.5 Å². The second-order valence-electron chi connectivity index (χ2n) is 7.84. The normalized spacial score (nSPS) is 11.3. The molecule has 2 aromatic heterocycles. The van der Waals surface area contributed by atoms with Crippen molar-refractivity contribution in [3.63, 3.8) is 0 Å². The average molecular weight is 469 g/mol. The molecule has 0 unspecified atom stereocenters. The second kappa shape index (κ2) is 9.71. The van der Waals surface area contributed by atoms with E-state index in [0.717, 1.165) is 34.5 Å². The van der Waals surface area contributed by atoms with Gasteiger partial charge < -0.3 is 9.30 Å². The molecular formula is C24H25ClN4O2S. The first-order chi connectivity index (χ1) is 15.4. The lowest BCUT2D eigenvalue weighted by Crippen LogP contribution is -2.32. The summed E-state index contributed by atoms with van der Waals surface area (Å²) in [6, 6.07) is 11.1. The number of rotatable bonds is 8. The maximum Gasteiger partial charge on any atom is 0.260 e. The molecule has 0 atom stereocenters. The molecule has 1 amide bonds. The summed E-state index contributed by atoms with van der Waals surface area (Å²) in [5.41, 5.74) is 2.46. The molecule has 4 rings (SSSR count). The van der Waals surface area contributed by atoms with Crippen LogP contribution in [0.5, 0.6) is 5.75 Å². The van der Waals surface area contributed by atoms with Crippen LogP contribution in [0.4, 0.5) is 5.13 Å². The molecule has 0 fully saturated rings. The zero-order valence-electron chi connectivity index (χ0n) is 18.3. The zero-order chi connectivity index (χ0) is 22.7. The number of thiazole rings is 1. The van der Waals surface area contributed by atoms with Gasteiger partial charge in [-0.05, 0) is 63.1 Å². The zero-order valence-corrected chi connectivity index (χ0v) is 19.9. The fraction of sp³-hybridized carbons (Fsp3) is 0.292. The summed E-state index contributed by atoms with van der Waals surface area (Å²) in [4.78, 5) is 24.1. The van der Waals surface area contributed by atoms with Gasteiger partial charge in [-0.25, -0.2) is 9.97 Å². The van der Waals surface area contributed by atoms with Crippen molar-refractivity contribution in [2.24, 2.45) is 0 Å². The maximum absolute atomic E-state index is 13.5. The molecule has 8 heteroatoms. The van der Waals surface area contributed by atoms with E-state index in [4.69, 9.17) is 21.3 Å². The molecule has 2 heterocycles. The van der Waals surface area contributed by atoms with E-state index < -0.39 is 0 Å². The van der Waals surface area contributed by atoms with Gasteiger partial charge >= 0.3 is 0 Å². The van der Waals surface area contributed by atoms with Gasteiger partial charge in [0.05, 0.1) is 27.7 Å². The third kappa shape index (κ3) is 4.95. The lowest BCUT2D eigenvalue weighted by Gasteiger charge is -2.20. The van der Waals surface area contributed by atoms with Crippen molar-refractivity contribution >= 4 is 44.2 Å². The number of anilines is 1. The van der Waals surface area contributed by atoms with Crippen molar-refractivity contribution < 1.29 is 9.53 Å². The number of hydrogen-bond acceptors (Lipinski definition) is 5. The molecule has 2 aromatic carbocycles. The Kier molecular flexibility index (Phi) is 6.77. The van der Waals surface area contributed by atoms with Crippen molar-refractivity contribution in [2.45, 2.75) is 39.8 Å². The Labute approximate surface area is 196 Å². The molecule has 0 aliphatic carbocycles. The molecule has 0 radical (unpaired) electrons. The van der Waals surface area contributed by atoms with E-state index in [-0.39, 0.29) is 12.0 Å². The number of amides is 1. The molecule has 0 spiro atoms. The van der Waals surface area contributed by atoms with E-state index in [1.165, 1.54) is 11.3 Å². The van der Waals surface area contributed by atoms with Crippen LogP contribution in [0.15, 0.2) is 55.1 Å². The molecule has 6 nitrogen and oxygen atoms in total. The van der Waals surface area contributed by atoms with E-state index in [1.54, 1.807) is 29.6 Å². The van der Waals surface area contributed by atoms with Gasteiger partial charge in [-0.3, -0.25) is 9.69 Å². The summed E-state index contributed by atoms with van der Waals surface area (Å²) in [6.45, 7) is 7.23.